The monoisotopic (exact) mass is 446 g/mol. The molecule has 2 rings (SSSR count). The second-order valence-corrected chi connectivity index (χ2v) is 9.01. The highest BCUT2D eigenvalue weighted by molar-refractivity contribution is 7.98. The van der Waals surface area contributed by atoms with Crippen LogP contribution in [0.1, 0.15) is 43.3 Å². The van der Waals surface area contributed by atoms with E-state index in [0.717, 1.165) is 5.56 Å². The van der Waals surface area contributed by atoms with Crippen LogP contribution in [0.15, 0.2) is 53.1 Å². The van der Waals surface area contributed by atoms with Gasteiger partial charge in [0, 0.05) is 12.1 Å². The van der Waals surface area contributed by atoms with E-state index in [2.05, 4.69) is 5.32 Å². The smallest absolute Gasteiger partial charge is 0.329 e. The summed E-state index contributed by atoms with van der Waals surface area (Å²) >= 11 is 1.55. The van der Waals surface area contributed by atoms with E-state index in [1.807, 2.05) is 57.4 Å². The molecule has 0 saturated carbocycles. The van der Waals surface area contributed by atoms with E-state index >= 15 is 0 Å². The average Bonchev–Trinajstić information content (AvgIpc) is 3.28. The molecule has 1 aromatic heterocycles. The first-order valence-corrected chi connectivity index (χ1v) is 11.5. The predicted molar refractivity (Wildman–Crippen MR) is 121 cm³/mol. The van der Waals surface area contributed by atoms with E-state index in [9.17, 15) is 14.4 Å². The quantitative estimate of drug-likeness (QED) is 0.562. The van der Waals surface area contributed by atoms with Crippen LogP contribution in [0.3, 0.4) is 0 Å². The zero-order chi connectivity index (χ0) is 22.9. The fraction of sp³-hybridized carbons (Fsp3) is 0.435. The summed E-state index contributed by atoms with van der Waals surface area (Å²) in [6.07, 6.45) is 3.68. The van der Waals surface area contributed by atoms with Crippen LogP contribution < -0.4 is 5.32 Å². The van der Waals surface area contributed by atoms with Crippen molar-refractivity contribution in [2.45, 2.75) is 45.3 Å². The van der Waals surface area contributed by atoms with E-state index in [-0.39, 0.29) is 11.7 Å². The Morgan fingerprint density at radius 1 is 1.13 bits per heavy atom. The van der Waals surface area contributed by atoms with Gasteiger partial charge in [0.05, 0.1) is 6.26 Å². The van der Waals surface area contributed by atoms with Crippen molar-refractivity contribution in [1.82, 2.24) is 10.2 Å². The Labute approximate surface area is 187 Å². The molecule has 1 heterocycles. The van der Waals surface area contributed by atoms with Gasteiger partial charge in [-0.3, -0.25) is 9.59 Å². The van der Waals surface area contributed by atoms with Gasteiger partial charge in [0.15, 0.2) is 12.4 Å². The topological polar surface area (TPSA) is 88.9 Å². The summed E-state index contributed by atoms with van der Waals surface area (Å²) in [6.45, 7) is 5.81. The second kappa shape index (κ2) is 11.6. The van der Waals surface area contributed by atoms with Crippen LogP contribution in [-0.2, 0) is 20.9 Å². The molecule has 8 heteroatoms. The lowest BCUT2D eigenvalue weighted by atomic mass is 10.0. The van der Waals surface area contributed by atoms with E-state index in [1.54, 1.807) is 22.7 Å². The molecule has 1 N–H and O–H groups in total. The Morgan fingerprint density at radius 2 is 1.84 bits per heavy atom. The molecule has 0 aliphatic heterocycles. The fourth-order valence-corrected chi connectivity index (χ4v) is 3.37. The third kappa shape index (κ3) is 7.79. The highest BCUT2D eigenvalue weighted by Crippen LogP contribution is 2.18. The van der Waals surface area contributed by atoms with Crippen LogP contribution in [0.2, 0.25) is 0 Å². The molecule has 0 radical (unpaired) electrons. The predicted octanol–water partition coefficient (Wildman–Crippen LogP) is 3.50. The largest absolute Gasteiger partial charge is 0.459 e. The number of hydrogen-bond donors (Lipinski definition) is 1. The molecule has 31 heavy (non-hydrogen) atoms. The summed E-state index contributed by atoms with van der Waals surface area (Å²) in [6, 6.07) is 11.9. The number of carbonyl (C=O) groups is 3. The van der Waals surface area contributed by atoms with Crippen LogP contribution in [0.5, 0.6) is 0 Å². The van der Waals surface area contributed by atoms with Crippen LogP contribution in [0.25, 0.3) is 0 Å². The highest BCUT2D eigenvalue weighted by Gasteiger charge is 2.29. The van der Waals surface area contributed by atoms with Crippen molar-refractivity contribution in [2.24, 2.45) is 0 Å². The molecule has 0 spiro atoms. The fourth-order valence-electron chi connectivity index (χ4n) is 2.90. The van der Waals surface area contributed by atoms with Crippen LogP contribution in [0, 0.1) is 0 Å². The van der Waals surface area contributed by atoms with Gasteiger partial charge in [-0.2, -0.15) is 11.8 Å². The Hall–Kier alpha value is -2.74. The van der Waals surface area contributed by atoms with Crippen LogP contribution in [-0.4, -0.2) is 52.9 Å². The molecule has 1 atom stereocenters. The SMILES string of the molecule is CSCC[C@H](NC(=O)c1ccco1)C(=O)OCC(=O)N(Cc1ccccc1)C(C)(C)C. The third-order valence-electron chi connectivity index (χ3n) is 4.58. The minimum absolute atomic E-state index is 0.111. The zero-order valence-electron chi connectivity index (χ0n) is 18.4. The minimum atomic E-state index is -0.866. The highest BCUT2D eigenvalue weighted by atomic mass is 32.2. The van der Waals surface area contributed by atoms with Gasteiger partial charge in [0.1, 0.15) is 6.04 Å². The van der Waals surface area contributed by atoms with Crippen molar-refractivity contribution < 1.29 is 23.5 Å². The van der Waals surface area contributed by atoms with Crippen molar-refractivity contribution in [2.75, 3.05) is 18.6 Å². The molecule has 7 nitrogen and oxygen atoms in total. The number of nitrogens with zero attached hydrogens (tertiary/aromatic N) is 1. The van der Waals surface area contributed by atoms with E-state index in [1.165, 1.54) is 12.3 Å². The van der Waals surface area contributed by atoms with Gasteiger partial charge in [0.25, 0.3) is 11.8 Å². The maximum Gasteiger partial charge on any atom is 0.329 e. The minimum Gasteiger partial charge on any atom is -0.459 e. The molecular weight excluding hydrogens is 416 g/mol. The maximum absolute atomic E-state index is 12.9. The van der Waals surface area contributed by atoms with E-state index < -0.39 is 30.1 Å². The standard InChI is InChI=1S/C23H30N2O5S/c1-23(2,3)25(15-17-9-6-5-7-10-17)20(26)16-30-22(28)18(12-14-31-4)24-21(27)19-11-8-13-29-19/h5-11,13,18H,12,14-16H2,1-4H3,(H,24,27)/t18-/m0/s1. The normalized spacial score (nSPS) is 12.1. The zero-order valence-corrected chi connectivity index (χ0v) is 19.2. The molecule has 0 fully saturated rings. The van der Waals surface area contributed by atoms with Gasteiger partial charge >= 0.3 is 5.97 Å². The number of amides is 2. The van der Waals surface area contributed by atoms with Crippen molar-refractivity contribution in [3.63, 3.8) is 0 Å². The molecule has 0 saturated heterocycles. The summed E-state index contributed by atoms with van der Waals surface area (Å²) in [5, 5.41) is 2.63. The van der Waals surface area contributed by atoms with Gasteiger partial charge in [0.2, 0.25) is 0 Å². The summed E-state index contributed by atoms with van der Waals surface area (Å²) in [7, 11) is 0. The molecular formula is C23H30N2O5S. The molecule has 0 bridgehead atoms. The van der Waals surface area contributed by atoms with Crippen LogP contribution >= 0.6 is 11.8 Å². The van der Waals surface area contributed by atoms with Crippen LogP contribution in [0.4, 0.5) is 0 Å². The number of carbonyl (C=O) groups excluding carboxylic acids is 3. The van der Waals surface area contributed by atoms with E-state index in [0.29, 0.717) is 18.7 Å². The number of ether oxygens (including phenoxy) is 1. The first-order valence-electron chi connectivity index (χ1n) is 10.1. The van der Waals surface area contributed by atoms with Gasteiger partial charge in [-0.15, -0.1) is 0 Å². The third-order valence-corrected chi connectivity index (χ3v) is 5.22. The number of furan rings is 1. The second-order valence-electron chi connectivity index (χ2n) is 8.03. The molecule has 1 aromatic carbocycles. The Morgan fingerprint density at radius 3 is 2.42 bits per heavy atom. The first kappa shape index (κ1) is 24.5. The molecule has 2 amide bonds. The molecule has 168 valence electrons. The average molecular weight is 447 g/mol. The number of thioether (sulfide) groups is 1. The Bertz CT molecular complexity index is 847. The van der Waals surface area contributed by atoms with Gasteiger partial charge < -0.3 is 19.4 Å². The molecule has 0 unspecified atom stereocenters. The van der Waals surface area contributed by atoms with Gasteiger partial charge in [-0.25, -0.2) is 4.79 Å². The number of hydrogen-bond acceptors (Lipinski definition) is 6. The lowest BCUT2D eigenvalue weighted by molar-refractivity contribution is -0.156. The van der Waals surface area contributed by atoms with Crippen molar-refractivity contribution in [1.29, 1.82) is 0 Å². The molecule has 2 aromatic rings. The number of nitrogens with one attached hydrogen (secondary N) is 1. The summed E-state index contributed by atoms with van der Waals surface area (Å²) < 4.78 is 10.4. The van der Waals surface area contributed by atoms with Crippen molar-refractivity contribution in [3.8, 4) is 0 Å². The van der Waals surface area contributed by atoms with Gasteiger partial charge in [-0.05, 0) is 56.9 Å². The Kier molecular flexibility index (Phi) is 9.18. The lowest BCUT2D eigenvalue weighted by Crippen LogP contribution is -2.48. The van der Waals surface area contributed by atoms with Gasteiger partial charge in [-0.1, -0.05) is 30.3 Å². The number of rotatable bonds is 10. The van der Waals surface area contributed by atoms with E-state index in [4.69, 9.17) is 9.15 Å². The Balaban J connectivity index is 2.01. The number of esters is 1. The molecule has 0 aliphatic carbocycles. The lowest BCUT2D eigenvalue weighted by Gasteiger charge is -2.35. The summed E-state index contributed by atoms with van der Waals surface area (Å²) in [5.74, 6) is -0.685. The number of benzene rings is 1. The molecule has 0 aliphatic rings. The van der Waals surface area contributed by atoms with Crippen molar-refractivity contribution in [3.05, 3.63) is 60.1 Å². The summed E-state index contributed by atoms with van der Waals surface area (Å²) in [5.41, 5.74) is 0.533. The summed E-state index contributed by atoms with van der Waals surface area (Å²) in [4.78, 5) is 39.5. The van der Waals surface area contributed by atoms with Crippen molar-refractivity contribution >= 4 is 29.5 Å². The first-order chi connectivity index (χ1) is 14.7. The maximum atomic E-state index is 12.9.